The van der Waals surface area contributed by atoms with Crippen LogP contribution in [0.15, 0.2) is 36.4 Å². The van der Waals surface area contributed by atoms with Crippen LogP contribution in [0.2, 0.25) is 5.02 Å². The van der Waals surface area contributed by atoms with Gasteiger partial charge in [-0.15, -0.1) is 0 Å². The summed E-state index contributed by atoms with van der Waals surface area (Å²) in [7, 11) is 1.27. The molecular formula is C16H15ClFNO2. The third kappa shape index (κ3) is 3.06. The van der Waals surface area contributed by atoms with Crippen molar-refractivity contribution < 1.29 is 13.9 Å². The average Bonchev–Trinajstić information content (AvgIpc) is 2.45. The minimum Gasteiger partial charge on any atom is -0.465 e. The van der Waals surface area contributed by atoms with Crippen molar-refractivity contribution in [2.45, 2.75) is 13.0 Å². The predicted octanol–water partition coefficient (Wildman–Crippen LogP) is 3.95. The molecule has 2 aromatic carbocycles. The number of ether oxygens (including phenoxy) is 1. The summed E-state index contributed by atoms with van der Waals surface area (Å²) >= 11 is 6.06. The second-order valence-corrected chi connectivity index (χ2v) is 5.09. The Hall–Kier alpha value is -1.91. The molecule has 0 bridgehead atoms. The topological polar surface area (TPSA) is 52.3 Å². The van der Waals surface area contributed by atoms with E-state index in [2.05, 4.69) is 0 Å². The van der Waals surface area contributed by atoms with Crippen molar-refractivity contribution in [2.24, 2.45) is 5.73 Å². The Labute approximate surface area is 127 Å². The molecule has 0 amide bonds. The molecular weight excluding hydrogens is 293 g/mol. The van der Waals surface area contributed by atoms with Gasteiger partial charge in [0.25, 0.3) is 0 Å². The van der Waals surface area contributed by atoms with Gasteiger partial charge in [-0.25, -0.2) is 9.18 Å². The summed E-state index contributed by atoms with van der Waals surface area (Å²) in [5, 5.41) is 0.260. The summed E-state index contributed by atoms with van der Waals surface area (Å²) in [6.45, 7) is 1.71. The van der Waals surface area contributed by atoms with Gasteiger partial charge < -0.3 is 10.5 Å². The number of nitrogens with two attached hydrogens (primary N) is 1. The lowest BCUT2D eigenvalue weighted by Crippen LogP contribution is -2.08. The van der Waals surface area contributed by atoms with Crippen LogP contribution < -0.4 is 5.73 Å². The first kappa shape index (κ1) is 15.5. The number of rotatable bonds is 3. The molecule has 5 heteroatoms. The highest BCUT2D eigenvalue weighted by Crippen LogP contribution is 2.31. The lowest BCUT2D eigenvalue weighted by atomic mass is 9.97. The van der Waals surface area contributed by atoms with Gasteiger partial charge in [-0.2, -0.15) is 0 Å². The lowest BCUT2D eigenvalue weighted by molar-refractivity contribution is 0.0602. The normalized spacial score (nSPS) is 12.0. The van der Waals surface area contributed by atoms with Crippen LogP contribution in [0.25, 0.3) is 11.1 Å². The van der Waals surface area contributed by atoms with Gasteiger partial charge in [-0.3, -0.25) is 0 Å². The predicted molar refractivity (Wildman–Crippen MR) is 80.8 cm³/mol. The molecule has 2 rings (SSSR count). The number of carbonyl (C=O) groups is 1. The van der Waals surface area contributed by atoms with Crippen LogP contribution in [-0.4, -0.2) is 13.1 Å². The molecule has 0 saturated heterocycles. The fourth-order valence-corrected chi connectivity index (χ4v) is 2.39. The zero-order chi connectivity index (χ0) is 15.6. The summed E-state index contributed by atoms with van der Waals surface area (Å²) in [5.74, 6) is -0.981. The van der Waals surface area contributed by atoms with Crippen molar-refractivity contribution in [3.63, 3.8) is 0 Å². The number of methoxy groups -OCH3 is 1. The van der Waals surface area contributed by atoms with E-state index in [1.165, 1.54) is 13.2 Å². The summed E-state index contributed by atoms with van der Waals surface area (Å²) in [6.07, 6.45) is 0. The standard InChI is InChI=1S/C16H15ClFNO2/c1-9(19)11-7-6-10(8-14(11)18)12-4-3-5-13(17)15(12)16(20)21-2/h3-9H,19H2,1-2H3/t9-/m1/s1. The Morgan fingerprint density at radius 1 is 1.33 bits per heavy atom. The van der Waals surface area contributed by atoms with Gasteiger partial charge in [-0.05, 0) is 30.2 Å². The van der Waals surface area contributed by atoms with E-state index in [-0.39, 0.29) is 10.6 Å². The summed E-state index contributed by atoms with van der Waals surface area (Å²) < 4.78 is 18.8. The Balaban J connectivity index is 2.60. The lowest BCUT2D eigenvalue weighted by Gasteiger charge is -2.12. The van der Waals surface area contributed by atoms with E-state index in [1.54, 1.807) is 37.3 Å². The van der Waals surface area contributed by atoms with E-state index in [1.807, 2.05) is 0 Å². The van der Waals surface area contributed by atoms with Crippen molar-refractivity contribution in [3.8, 4) is 11.1 Å². The highest BCUT2D eigenvalue weighted by molar-refractivity contribution is 6.34. The van der Waals surface area contributed by atoms with E-state index in [0.717, 1.165) is 0 Å². The summed E-state index contributed by atoms with van der Waals surface area (Å²) in [4.78, 5) is 11.9. The number of halogens is 2. The van der Waals surface area contributed by atoms with Gasteiger partial charge in [-0.1, -0.05) is 35.9 Å². The minimum atomic E-state index is -0.563. The molecule has 0 heterocycles. The van der Waals surface area contributed by atoms with E-state index in [0.29, 0.717) is 16.7 Å². The Morgan fingerprint density at radius 3 is 2.62 bits per heavy atom. The summed E-state index contributed by atoms with van der Waals surface area (Å²) in [6, 6.07) is 9.23. The monoisotopic (exact) mass is 307 g/mol. The van der Waals surface area contributed by atoms with Crippen LogP contribution in [0.1, 0.15) is 28.9 Å². The zero-order valence-corrected chi connectivity index (χ0v) is 12.4. The maximum atomic E-state index is 14.1. The zero-order valence-electron chi connectivity index (χ0n) is 11.7. The van der Waals surface area contributed by atoms with Gasteiger partial charge in [0.1, 0.15) is 5.82 Å². The van der Waals surface area contributed by atoms with Crippen LogP contribution in [0.4, 0.5) is 4.39 Å². The fourth-order valence-electron chi connectivity index (χ4n) is 2.14. The maximum absolute atomic E-state index is 14.1. The Morgan fingerprint density at radius 2 is 2.05 bits per heavy atom. The fraction of sp³-hybridized carbons (Fsp3) is 0.188. The molecule has 3 nitrogen and oxygen atoms in total. The van der Waals surface area contributed by atoms with Gasteiger partial charge in [0, 0.05) is 11.6 Å². The van der Waals surface area contributed by atoms with Crippen LogP contribution in [-0.2, 0) is 4.74 Å². The van der Waals surface area contributed by atoms with Crippen LogP contribution in [0, 0.1) is 5.82 Å². The first-order chi connectivity index (χ1) is 9.95. The molecule has 0 aliphatic rings. The number of carbonyl (C=O) groups excluding carboxylic acids is 1. The van der Waals surface area contributed by atoms with Crippen molar-refractivity contribution in [1.82, 2.24) is 0 Å². The molecule has 0 radical (unpaired) electrons. The first-order valence-corrected chi connectivity index (χ1v) is 6.75. The number of benzene rings is 2. The Kier molecular flexibility index (Phi) is 4.60. The molecule has 110 valence electrons. The second-order valence-electron chi connectivity index (χ2n) is 4.68. The molecule has 1 atom stereocenters. The number of hydrogen-bond acceptors (Lipinski definition) is 3. The van der Waals surface area contributed by atoms with E-state index in [4.69, 9.17) is 22.1 Å². The molecule has 0 unspecified atom stereocenters. The molecule has 2 aromatic rings. The first-order valence-electron chi connectivity index (χ1n) is 6.38. The average molecular weight is 308 g/mol. The van der Waals surface area contributed by atoms with E-state index < -0.39 is 17.8 Å². The SMILES string of the molecule is COC(=O)c1c(Cl)cccc1-c1ccc([C@@H](C)N)c(F)c1. The van der Waals surface area contributed by atoms with Gasteiger partial charge in [0.15, 0.2) is 0 Å². The van der Waals surface area contributed by atoms with Crippen LogP contribution >= 0.6 is 11.6 Å². The number of esters is 1. The molecule has 0 saturated carbocycles. The highest BCUT2D eigenvalue weighted by atomic mass is 35.5. The van der Waals surface area contributed by atoms with E-state index >= 15 is 0 Å². The molecule has 0 aromatic heterocycles. The van der Waals surface area contributed by atoms with Crippen molar-refractivity contribution >= 4 is 17.6 Å². The molecule has 2 N–H and O–H groups in total. The van der Waals surface area contributed by atoms with E-state index in [9.17, 15) is 9.18 Å². The van der Waals surface area contributed by atoms with Crippen LogP contribution in [0.5, 0.6) is 0 Å². The van der Waals surface area contributed by atoms with Crippen molar-refractivity contribution in [1.29, 1.82) is 0 Å². The third-order valence-corrected chi connectivity index (χ3v) is 3.52. The van der Waals surface area contributed by atoms with Gasteiger partial charge in [0.05, 0.1) is 17.7 Å². The molecule has 0 aliphatic carbocycles. The molecule has 0 spiro atoms. The third-order valence-electron chi connectivity index (χ3n) is 3.21. The quantitative estimate of drug-likeness (QED) is 0.873. The smallest absolute Gasteiger partial charge is 0.340 e. The van der Waals surface area contributed by atoms with Crippen LogP contribution in [0.3, 0.4) is 0 Å². The molecule has 21 heavy (non-hydrogen) atoms. The van der Waals surface area contributed by atoms with Crippen molar-refractivity contribution in [2.75, 3.05) is 7.11 Å². The van der Waals surface area contributed by atoms with Gasteiger partial charge in [0.2, 0.25) is 0 Å². The second kappa shape index (κ2) is 6.24. The molecule has 0 aliphatic heterocycles. The van der Waals surface area contributed by atoms with Crippen molar-refractivity contribution in [3.05, 3.63) is 58.4 Å². The summed E-state index contributed by atoms with van der Waals surface area (Å²) in [5.41, 5.74) is 7.39. The highest BCUT2D eigenvalue weighted by Gasteiger charge is 2.18. The Bertz CT molecular complexity index is 686. The number of hydrogen-bond donors (Lipinski definition) is 1. The largest absolute Gasteiger partial charge is 0.465 e. The minimum absolute atomic E-state index is 0.217. The maximum Gasteiger partial charge on any atom is 0.340 e. The molecule has 0 fully saturated rings. The van der Waals surface area contributed by atoms with Gasteiger partial charge >= 0.3 is 5.97 Å².